The van der Waals surface area contributed by atoms with Gasteiger partial charge in [0.15, 0.2) is 0 Å². The number of methoxy groups -OCH3 is 1. The van der Waals surface area contributed by atoms with Gasteiger partial charge in [-0.2, -0.15) is 0 Å². The van der Waals surface area contributed by atoms with Gasteiger partial charge in [-0.05, 0) is 49.0 Å². The Morgan fingerprint density at radius 2 is 1.40 bits per heavy atom. The second-order valence-electron chi connectivity index (χ2n) is 11.1. The third-order valence-electron chi connectivity index (χ3n) is 6.49. The van der Waals surface area contributed by atoms with E-state index in [1.807, 2.05) is 57.2 Å². The van der Waals surface area contributed by atoms with Crippen LogP contribution in [0, 0.1) is 0 Å². The van der Waals surface area contributed by atoms with Gasteiger partial charge < -0.3 is 13.9 Å². The van der Waals surface area contributed by atoms with Crippen molar-refractivity contribution in [1.82, 2.24) is 4.90 Å². The topological polar surface area (TPSA) is 65.1 Å². The molecule has 0 saturated carbocycles. The molecule has 2 atom stereocenters. The van der Waals surface area contributed by atoms with Crippen LogP contribution in [0.2, 0.25) is 5.04 Å². The third kappa shape index (κ3) is 5.78. The van der Waals surface area contributed by atoms with Gasteiger partial charge in [-0.3, -0.25) is 4.90 Å². The number of carbonyl (C=O) groups is 2. The molecular formula is C28H39NO5Si. The number of ether oxygens (including phenoxy) is 2. The van der Waals surface area contributed by atoms with E-state index in [-0.39, 0.29) is 11.1 Å². The molecule has 0 N–H and O–H groups in total. The Hall–Kier alpha value is -2.64. The minimum absolute atomic E-state index is 0.188. The van der Waals surface area contributed by atoms with E-state index < -0.39 is 32.0 Å². The fraction of sp³-hybridized carbons (Fsp3) is 0.500. The van der Waals surface area contributed by atoms with Crippen LogP contribution in [0.4, 0.5) is 4.79 Å². The molecule has 1 fully saturated rings. The summed E-state index contributed by atoms with van der Waals surface area (Å²) < 4.78 is 17.8. The lowest BCUT2D eigenvalue weighted by atomic mass is 10.2. The molecule has 3 rings (SSSR count). The number of benzene rings is 2. The van der Waals surface area contributed by atoms with Crippen LogP contribution in [-0.4, -0.2) is 56.7 Å². The van der Waals surface area contributed by atoms with E-state index in [0.717, 1.165) is 0 Å². The van der Waals surface area contributed by atoms with Crippen LogP contribution in [0.25, 0.3) is 0 Å². The van der Waals surface area contributed by atoms with Crippen LogP contribution >= 0.6 is 0 Å². The zero-order chi connectivity index (χ0) is 25.9. The largest absolute Gasteiger partial charge is 0.467 e. The summed E-state index contributed by atoms with van der Waals surface area (Å²) in [6.07, 6.45) is 0.638. The van der Waals surface area contributed by atoms with E-state index in [9.17, 15) is 9.59 Å². The monoisotopic (exact) mass is 497 g/mol. The molecule has 1 amide bonds. The van der Waals surface area contributed by atoms with Crippen LogP contribution in [0.5, 0.6) is 0 Å². The molecule has 2 aromatic carbocycles. The minimum Gasteiger partial charge on any atom is -0.467 e. The van der Waals surface area contributed by atoms with E-state index >= 15 is 0 Å². The molecule has 0 bridgehead atoms. The average molecular weight is 498 g/mol. The summed E-state index contributed by atoms with van der Waals surface area (Å²) >= 11 is 0. The van der Waals surface area contributed by atoms with Crippen molar-refractivity contribution in [2.24, 2.45) is 0 Å². The molecule has 190 valence electrons. The quantitative estimate of drug-likeness (QED) is 0.434. The highest BCUT2D eigenvalue weighted by molar-refractivity contribution is 6.99. The van der Waals surface area contributed by atoms with Crippen molar-refractivity contribution in [3.8, 4) is 0 Å². The van der Waals surface area contributed by atoms with Gasteiger partial charge in [0, 0.05) is 0 Å². The maximum atomic E-state index is 13.2. The average Bonchev–Trinajstić information content (AvgIpc) is 3.22. The Bertz CT molecular complexity index is 958. The number of hydrogen-bond acceptors (Lipinski definition) is 5. The van der Waals surface area contributed by atoms with Gasteiger partial charge in [0.1, 0.15) is 11.6 Å². The zero-order valence-electron chi connectivity index (χ0n) is 22.0. The summed E-state index contributed by atoms with van der Waals surface area (Å²) in [6, 6.07) is 19.8. The highest BCUT2D eigenvalue weighted by Gasteiger charge is 2.52. The van der Waals surface area contributed by atoms with Gasteiger partial charge >= 0.3 is 12.1 Å². The molecule has 1 heterocycles. The van der Waals surface area contributed by atoms with Crippen molar-refractivity contribution in [3.05, 3.63) is 60.7 Å². The highest BCUT2D eigenvalue weighted by atomic mass is 28.4. The predicted molar refractivity (Wildman–Crippen MR) is 140 cm³/mol. The van der Waals surface area contributed by atoms with Crippen LogP contribution in [-0.2, 0) is 18.7 Å². The number of esters is 1. The first-order valence-electron chi connectivity index (χ1n) is 12.2. The van der Waals surface area contributed by atoms with E-state index in [1.54, 1.807) is 0 Å². The van der Waals surface area contributed by atoms with Crippen LogP contribution < -0.4 is 10.4 Å². The SMILES string of the molecule is COC(=O)C1CC[C@@H](CO[Si](c2ccccc2)(c2ccccc2)C(C)(C)C)N1C(=O)OC(C)(C)C. The molecule has 0 spiro atoms. The summed E-state index contributed by atoms with van der Waals surface area (Å²) in [5, 5.41) is 2.15. The van der Waals surface area contributed by atoms with Crippen molar-refractivity contribution < 1.29 is 23.5 Å². The van der Waals surface area contributed by atoms with Crippen LogP contribution in [0.3, 0.4) is 0 Å². The number of hydrogen-bond donors (Lipinski definition) is 0. The number of carbonyl (C=O) groups excluding carboxylic acids is 2. The standard InChI is InChI=1S/C28H39NO5Si/c1-27(2,3)34-26(31)29-21(18-19-24(29)25(30)32-7)20-33-35(28(4,5)6,22-14-10-8-11-15-22)23-16-12-9-13-17-23/h8-17,21,24H,18-20H2,1-7H3/t21-,24?/m0/s1. The Morgan fingerprint density at radius 3 is 1.83 bits per heavy atom. The molecule has 2 aromatic rings. The van der Waals surface area contributed by atoms with Gasteiger partial charge in [0.05, 0.1) is 19.8 Å². The number of likely N-dealkylation sites (tertiary alicyclic amines) is 1. The van der Waals surface area contributed by atoms with Gasteiger partial charge in [-0.1, -0.05) is 81.4 Å². The molecule has 0 radical (unpaired) electrons. The lowest BCUT2D eigenvalue weighted by molar-refractivity contribution is -0.146. The zero-order valence-corrected chi connectivity index (χ0v) is 23.0. The molecular weight excluding hydrogens is 458 g/mol. The number of nitrogens with zero attached hydrogens (tertiary/aromatic N) is 1. The fourth-order valence-corrected chi connectivity index (χ4v) is 9.59. The third-order valence-corrected chi connectivity index (χ3v) is 11.5. The van der Waals surface area contributed by atoms with E-state index in [0.29, 0.717) is 19.4 Å². The van der Waals surface area contributed by atoms with Gasteiger partial charge in [-0.15, -0.1) is 0 Å². The molecule has 7 heteroatoms. The van der Waals surface area contributed by atoms with Crippen molar-refractivity contribution in [2.75, 3.05) is 13.7 Å². The smallest absolute Gasteiger partial charge is 0.411 e. The maximum absolute atomic E-state index is 13.2. The summed E-state index contributed by atoms with van der Waals surface area (Å²) in [5.74, 6) is -0.427. The van der Waals surface area contributed by atoms with Gasteiger partial charge in [0.2, 0.25) is 0 Å². The van der Waals surface area contributed by atoms with Crippen LogP contribution in [0.1, 0.15) is 54.4 Å². The Labute approximate surface area is 210 Å². The maximum Gasteiger partial charge on any atom is 0.411 e. The fourth-order valence-electron chi connectivity index (χ4n) is 4.99. The van der Waals surface area contributed by atoms with Crippen molar-refractivity contribution >= 4 is 30.8 Å². The molecule has 6 nitrogen and oxygen atoms in total. The minimum atomic E-state index is -2.78. The van der Waals surface area contributed by atoms with E-state index in [2.05, 4.69) is 45.0 Å². The van der Waals surface area contributed by atoms with Crippen molar-refractivity contribution in [3.63, 3.8) is 0 Å². The molecule has 1 aliphatic heterocycles. The predicted octanol–water partition coefficient (Wildman–Crippen LogP) is 4.50. The van der Waals surface area contributed by atoms with Gasteiger partial charge in [-0.25, -0.2) is 9.59 Å². The molecule has 0 aromatic heterocycles. The normalized spacial score (nSPS) is 18.9. The first-order chi connectivity index (χ1) is 16.4. The summed E-state index contributed by atoms with van der Waals surface area (Å²) in [7, 11) is -1.43. The number of amides is 1. The second-order valence-corrected chi connectivity index (χ2v) is 15.4. The van der Waals surface area contributed by atoms with E-state index in [4.69, 9.17) is 13.9 Å². The number of rotatable bonds is 6. The molecule has 1 saturated heterocycles. The Kier molecular flexibility index (Phi) is 8.12. The lowest BCUT2D eigenvalue weighted by Crippen LogP contribution is -2.67. The molecule has 1 aliphatic rings. The summed E-state index contributed by atoms with van der Waals surface area (Å²) in [4.78, 5) is 27.3. The van der Waals surface area contributed by atoms with Crippen molar-refractivity contribution in [1.29, 1.82) is 0 Å². The van der Waals surface area contributed by atoms with E-state index in [1.165, 1.54) is 22.4 Å². The molecule has 1 unspecified atom stereocenters. The van der Waals surface area contributed by atoms with Crippen LogP contribution in [0.15, 0.2) is 60.7 Å². The first kappa shape index (κ1) is 27.0. The molecule has 0 aliphatic carbocycles. The first-order valence-corrected chi connectivity index (χ1v) is 14.2. The Balaban J connectivity index is 2.01. The Morgan fingerprint density at radius 1 is 0.886 bits per heavy atom. The summed E-state index contributed by atoms with van der Waals surface area (Å²) in [5.41, 5.74) is -0.677. The molecule has 35 heavy (non-hydrogen) atoms. The highest BCUT2D eigenvalue weighted by Crippen LogP contribution is 2.38. The summed E-state index contributed by atoms with van der Waals surface area (Å²) in [6.45, 7) is 12.4. The van der Waals surface area contributed by atoms with Gasteiger partial charge in [0.25, 0.3) is 8.32 Å². The lowest BCUT2D eigenvalue weighted by Gasteiger charge is -2.44. The second kappa shape index (κ2) is 10.5. The van der Waals surface area contributed by atoms with Crippen molar-refractivity contribution in [2.45, 2.75) is 77.1 Å².